The van der Waals surface area contributed by atoms with Crippen molar-refractivity contribution in [2.24, 2.45) is 0 Å². The molecule has 32 heavy (non-hydrogen) atoms. The van der Waals surface area contributed by atoms with Crippen molar-refractivity contribution < 1.29 is 13.7 Å². The molecular formula is C25H26N4O3. The third kappa shape index (κ3) is 3.57. The Morgan fingerprint density at radius 1 is 1.09 bits per heavy atom. The second kappa shape index (κ2) is 8.22. The molecule has 7 nitrogen and oxygen atoms in total. The van der Waals surface area contributed by atoms with Gasteiger partial charge in [0.05, 0.1) is 28.4 Å². The Morgan fingerprint density at radius 3 is 2.66 bits per heavy atom. The number of pyridine rings is 2. The van der Waals surface area contributed by atoms with E-state index in [2.05, 4.69) is 15.1 Å². The number of furan rings is 1. The van der Waals surface area contributed by atoms with Crippen LogP contribution in [0.25, 0.3) is 22.4 Å². The Hall–Kier alpha value is -3.48. The van der Waals surface area contributed by atoms with Gasteiger partial charge in [0, 0.05) is 24.5 Å². The summed E-state index contributed by atoms with van der Waals surface area (Å²) in [7, 11) is 0. The summed E-state index contributed by atoms with van der Waals surface area (Å²) in [5.74, 6) is 1.53. The topological polar surface area (TPSA) is 85.3 Å². The van der Waals surface area contributed by atoms with Crippen LogP contribution in [-0.4, -0.2) is 32.5 Å². The van der Waals surface area contributed by atoms with Crippen LogP contribution in [0.3, 0.4) is 0 Å². The summed E-state index contributed by atoms with van der Waals surface area (Å²) in [6.07, 6.45) is 7.70. The van der Waals surface area contributed by atoms with E-state index in [1.807, 2.05) is 49.9 Å². The van der Waals surface area contributed by atoms with Crippen molar-refractivity contribution in [3.63, 3.8) is 0 Å². The van der Waals surface area contributed by atoms with Crippen molar-refractivity contribution in [2.75, 3.05) is 6.54 Å². The van der Waals surface area contributed by atoms with Crippen LogP contribution in [0.4, 0.5) is 0 Å². The zero-order chi connectivity index (χ0) is 22.2. The number of rotatable bonds is 3. The SMILES string of the molecule is Cc1cc(-c2cc(C(=O)N3CCCCCC3c3ccncc3)c3c(C)noc3n2)c(C)o1. The summed E-state index contributed by atoms with van der Waals surface area (Å²) < 4.78 is 11.2. The van der Waals surface area contributed by atoms with Gasteiger partial charge >= 0.3 is 0 Å². The van der Waals surface area contributed by atoms with Gasteiger partial charge < -0.3 is 13.8 Å². The Morgan fingerprint density at radius 2 is 1.91 bits per heavy atom. The van der Waals surface area contributed by atoms with Gasteiger partial charge in [0.15, 0.2) is 0 Å². The molecule has 7 heteroatoms. The van der Waals surface area contributed by atoms with Crippen LogP contribution >= 0.6 is 0 Å². The van der Waals surface area contributed by atoms with E-state index < -0.39 is 0 Å². The molecule has 1 atom stereocenters. The maximum absolute atomic E-state index is 14.1. The monoisotopic (exact) mass is 430 g/mol. The quantitative estimate of drug-likeness (QED) is 0.423. The Kier molecular flexibility index (Phi) is 5.25. The lowest BCUT2D eigenvalue weighted by Gasteiger charge is -2.30. The first-order valence-corrected chi connectivity index (χ1v) is 11.1. The summed E-state index contributed by atoms with van der Waals surface area (Å²) in [6, 6.07) is 7.82. The minimum Gasteiger partial charge on any atom is -0.466 e. The van der Waals surface area contributed by atoms with Gasteiger partial charge in [-0.25, -0.2) is 4.98 Å². The van der Waals surface area contributed by atoms with Crippen LogP contribution in [0.1, 0.15) is 64.9 Å². The van der Waals surface area contributed by atoms with Gasteiger partial charge in [-0.15, -0.1) is 0 Å². The fourth-order valence-electron chi connectivity index (χ4n) is 4.72. The van der Waals surface area contributed by atoms with Crippen molar-refractivity contribution in [2.45, 2.75) is 52.5 Å². The van der Waals surface area contributed by atoms with E-state index in [0.29, 0.717) is 34.6 Å². The predicted octanol–water partition coefficient (Wildman–Crippen LogP) is 5.56. The Labute approximate surface area is 186 Å². The molecule has 5 heterocycles. The molecular weight excluding hydrogens is 404 g/mol. The predicted molar refractivity (Wildman–Crippen MR) is 120 cm³/mol. The fourth-order valence-corrected chi connectivity index (χ4v) is 4.72. The summed E-state index contributed by atoms with van der Waals surface area (Å²) in [4.78, 5) is 24.9. The molecule has 1 saturated heterocycles. The van der Waals surface area contributed by atoms with Crippen molar-refractivity contribution in [3.8, 4) is 11.3 Å². The lowest BCUT2D eigenvalue weighted by atomic mass is 10.00. The van der Waals surface area contributed by atoms with Crippen molar-refractivity contribution in [3.05, 3.63) is 65.0 Å². The molecule has 1 amide bonds. The molecule has 5 rings (SSSR count). The third-order valence-electron chi connectivity index (χ3n) is 6.27. The molecule has 1 fully saturated rings. The van der Waals surface area contributed by atoms with E-state index in [0.717, 1.165) is 48.3 Å². The van der Waals surface area contributed by atoms with Gasteiger partial charge in [-0.1, -0.05) is 18.0 Å². The van der Waals surface area contributed by atoms with Gasteiger partial charge in [-0.05, 0) is 63.4 Å². The second-order valence-corrected chi connectivity index (χ2v) is 8.47. The maximum atomic E-state index is 14.1. The standard InChI is InChI=1S/C25H26N4O3/c1-15-13-19(17(3)31-15)21-14-20(23-16(2)28-32-24(23)27-21)25(30)29-12-6-4-5-7-22(29)18-8-10-26-11-9-18/h8-11,13-14,22H,4-7,12H2,1-3H3. The van der Waals surface area contributed by atoms with Gasteiger partial charge in [-0.3, -0.25) is 9.78 Å². The number of amides is 1. The molecule has 0 spiro atoms. The van der Waals surface area contributed by atoms with Crippen LogP contribution in [0.5, 0.6) is 0 Å². The molecule has 0 aliphatic carbocycles. The van der Waals surface area contributed by atoms with Gasteiger partial charge in [0.25, 0.3) is 11.6 Å². The summed E-state index contributed by atoms with van der Waals surface area (Å²) in [5, 5.41) is 4.78. The first-order valence-electron chi connectivity index (χ1n) is 11.1. The van der Waals surface area contributed by atoms with Crippen molar-refractivity contribution in [1.29, 1.82) is 0 Å². The largest absolute Gasteiger partial charge is 0.466 e. The smallest absolute Gasteiger partial charge is 0.259 e. The van der Waals surface area contributed by atoms with E-state index in [4.69, 9.17) is 8.94 Å². The minimum atomic E-state index is -0.0217. The molecule has 1 aliphatic heterocycles. The fraction of sp³-hybridized carbons (Fsp3) is 0.360. The van der Waals surface area contributed by atoms with Crippen molar-refractivity contribution >= 4 is 17.0 Å². The van der Waals surface area contributed by atoms with E-state index in [-0.39, 0.29) is 11.9 Å². The normalized spacial score (nSPS) is 17.0. The summed E-state index contributed by atoms with van der Waals surface area (Å²) >= 11 is 0. The maximum Gasteiger partial charge on any atom is 0.259 e. The molecule has 0 bridgehead atoms. The summed E-state index contributed by atoms with van der Waals surface area (Å²) in [5.41, 5.74) is 4.23. The lowest BCUT2D eigenvalue weighted by Crippen LogP contribution is -2.35. The first kappa shape index (κ1) is 20.4. The molecule has 164 valence electrons. The first-order chi connectivity index (χ1) is 15.5. The van der Waals surface area contributed by atoms with Crippen LogP contribution in [-0.2, 0) is 0 Å². The van der Waals surface area contributed by atoms with Crippen LogP contribution in [0.15, 0.2) is 45.6 Å². The number of aryl methyl sites for hydroxylation is 3. The summed E-state index contributed by atoms with van der Waals surface area (Å²) in [6.45, 7) is 6.35. The number of fused-ring (bicyclic) bond motifs is 1. The van der Waals surface area contributed by atoms with Gasteiger partial charge in [-0.2, -0.15) is 0 Å². The zero-order valence-electron chi connectivity index (χ0n) is 18.6. The number of hydrogen-bond donors (Lipinski definition) is 0. The number of likely N-dealkylation sites (tertiary alicyclic amines) is 1. The second-order valence-electron chi connectivity index (χ2n) is 8.47. The molecule has 4 aromatic rings. The zero-order valence-corrected chi connectivity index (χ0v) is 18.6. The average Bonchev–Trinajstić information content (AvgIpc) is 3.23. The lowest BCUT2D eigenvalue weighted by molar-refractivity contribution is 0.0682. The molecule has 0 saturated carbocycles. The molecule has 0 radical (unpaired) electrons. The van der Waals surface area contributed by atoms with E-state index in [1.54, 1.807) is 12.4 Å². The van der Waals surface area contributed by atoms with Crippen LogP contribution < -0.4 is 0 Å². The highest BCUT2D eigenvalue weighted by Gasteiger charge is 2.30. The minimum absolute atomic E-state index is 0.0118. The third-order valence-corrected chi connectivity index (χ3v) is 6.27. The molecule has 1 aliphatic rings. The number of nitrogens with zero attached hydrogens (tertiary/aromatic N) is 4. The average molecular weight is 431 g/mol. The molecule has 0 N–H and O–H groups in total. The highest BCUT2D eigenvalue weighted by molar-refractivity contribution is 6.07. The van der Waals surface area contributed by atoms with E-state index >= 15 is 0 Å². The molecule has 4 aromatic heterocycles. The number of aromatic nitrogens is 3. The van der Waals surface area contributed by atoms with Crippen LogP contribution in [0, 0.1) is 20.8 Å². The highest BCUT2D eigenvalue weighted by Crippen LogP contribution is 2.35. The van der Waals surface area contributed by atoms with Crippen molar-refractivity contribution in [1.82, 2.24) is 20.0 Å². The number of carbonyl (C=O) groups excluding carboxylic acids is 1. The molecule has 0 aromatic carbocycles. The Balaban J connectivity index is 1.64. The van der Waals surface area contributed by atoms with E-state index in [1.165, 1.54) is 0 Å². The van der Waals surface area contributed by atoms with Crippen LogP contribution in [0.2, 0.25) is 0 Å². The van der Waals surface area contributed by atoms with Gasteiger partial charge in [0.1, 0.15) is 11.5 Å². The number of hydrogen-bond acceptors (Lipinski definition) is 6. The molecule has 1 unspecified atom stereocenters. The van der Waals surface area contributed by atoms with Gasteiger partial charge in [0.2, 0.25) is 0 Å². The Bertz CT molecular complexity index is 1280. The number of carbonyl (C=O) groups is 1. The van der Waals surface area contributed by atoms with E-state index in [9.17, 15) is 4.79 Å². The highest BCUT2D eigenvalue weighted by atomic mass is 16.5.